The number of amides is 4. The summed E-state index contributed by atoms with van der Waals surface area (Å²) in [5.74, 6) is -4.99. The van der Waals surface area contributed by atoms with Gasteiger partial charge in [-0.2, -0.15) is 0 Å². The predicted octanol–water partition coefficient (Wildman–Crippen LogP) is -0.329. The minimum Gasteiger partial charge on any atom is -0.508 e. The molecule has 0 radical (unpaired) electrons. The number of carbonyl (C=O) groups is 5. The van der Waals surface area contributed by atoms with E-state index in [1.807, 2.05) is 0 Å². The van der Waals surface area contributed by atoms with Crippen LogP contribution < -0.4 is 27.4 Å². The Morgan fingerprint density at radius 1 is 0.756 bits per heavy atom. The topological polar surface area (TPSA) is 234 Å². The van der Waals surface area contributed by atoms with Crippen LogP contribution in [0, 0.1) is 5.92 Å². The smallest absolute Gasteiger partial charge is 0.326 e. The molecule has 13 nitrogen and oxygen atoms in total. The molecular formula is C28H37N5O8. The number of rotatable bonds is 15. The Morgan fingerprint density at radius 2 is 1.24 bits per heavy atom. The van der Waals surface area contributed by atoms with Gasteiger partial charge < -0.3 is 42.7 Å². The van der Waals surface area contributed by atoms with Crippen molar-refractivity contribution in [2.45, 2.75) is 63.7 Å². The highest BCUT2D eigenvalue weighted by Crippen LogP contribution is 2.14. The van der Waals surface area contributed by atoms with Crippen LogP contribution in [0.4, 0.5) is 0 Å². The molecule has 2 rings (SSSR count). The number of carbonyl (C=O) groups excluding carboxylic acids is 4. The maximum absolute atomic E-state index is 13.5. The number of benzene rings is 2. The number of phenols is 2. The number of nitrogens with two attached hydrogens (primary N) is 2. The molecule has 2 aromatic rings. The van der Waals surface area contributed by atoms with Crippen LogP contribution >= 0.6 is 0 Å². The van der Waals surface area contributed by atoms with Gasteiger partial charge in [0, 0.05) is 6.42 Å². The number of primary amides is 1. The SMILES string of the molecule is CCC(C)C(NC(=O)C(Cc1ccc(O)cc1)NC(=O)C(N)Cc1ccc(O)cc1)C(=O)NC(CC(N)=O)C(=O)O. The van der Waals surface area contributed by atoms with Gasteiger partial charge in [-0.15, -0.1) is 0 Å². The van der Waals surface area contributed by atoms with E-state index in [1.54, 1.807) is 38.1 Å². The molecule has 222 valence electrons. The standard InChI is InChI=1S/C28H37N5O8/c1-3-15(2)24(27(39)32-22(28(40)41)14-23(30)36)33-26(38)21(13-17-6-10-19(35)11-7-17)31-25(37)20(29)12-16-4-8-18(34)9-5-16/h4-11,15,20-22,24,34-35H,3,12-14,29H2,1-2H3,(H2,30,36)(H,31,37)(H,32,39)(H,33,38)(H,40,41). The summed E-state index contributed by atoms with van der Waals surface area (Å²) in [6.45, 7) is 3.45. The second-order valence-electron chi connectivity index (χ2n) is 9.85. The molecule has 4 amide bonds. The lowest BCUT2D eigenvalue weighted by Gasteiger charge is -2.28. The van der Waals surface area contributed by atoms with Crippen molar-refractivity contribution >= 4 is 29.6 Å². The Hall–Kier alpha value is -4.65. The van der Waals surface area contributed by atoms with Crippen molar-refractivity contribution in [1.82, 2.24) is 16.0 Å². The van der Waals surface area contributed by atoms with E-state index in [4.69, 9.17) is 11.5 Å². The summed E-state index contributed by atoms with van der Waals surface area (Å²) in [5.41, 5.74) is 12.5. The number of hydrogen-bond acceptors (Lipinski definition) is 8. The van der Waals surface area contributed by atoms with Gasteiger partial charge in [-0.25, -0.2) is 4.79 Å². The van der Waals surface area contributed by atoms with Crippen LogP contribution in [-0.4, -0.2) is 69.1 Å². The summed E-state index contributed by atoms with van der Waals surface area (Å²) in [4.78, 5) is 62.3. The second kappa shape index (κ2) is 15.2. The molecule has 0 spiro atoms. The number of carboxylic acid groups (broad SMARTS) is 1. The molecule has 0 bridgehead atoms. The van der Waals surface area contributed by atoms with E-state index < -0.39 is 66.1 Å². The van der Waals surface area contributed by atoms with E-state index in [2.05, 4.69) is 16.0 Å². The van der Waals surface area contributed by atoms with Gasteiger partial charge in [-0.05, 0) is 47.7 Å². The summed E-state index contributed by atoms with van der Waals surface area (Å²) in [6, 6.07) is 7.08. The summed E-state index contributed by atoms with van der Waals surface area (Å²) in [7, 11) is 0. The largest absolute Gasteiger partial charge is 0.508 e. The zero-order valence-corrected chi connectivity index (χ0v) is 22.9. The number of carboxylic acids is 1. The van der Waals surface area contributed by atoms with Crippen LogP contribution in [-0.2, 0) is 36.8 Å². The number of phenolic OH excluding ortho intramolecular Hbond substituents is 2. The minimum absolute atomic E-state index is 0.00663. The molecule has 0 fully saturated rings. The van der Waals surface area contributed by atoms with E-state index >= 15 is 0 Å². The highest BCUT2D eigenvalue weighted by Gasteiger charge is 2.33. The molecule has 0 saturated heterocycles. The van der Waals surface area contributed by atoms with Gasteiger partial charge in [0.25, 0.3) is 0 Å². The maximum Gasteiger partial charge on any atom is 0.326 e. The molecule has 5 unspecified atom stereocenters. The highest BCUT2D eigenvalue weighted by atomic mass is 16.4. The molecule has 5 atom stereocenters. The average Bonchev–Trinajstić information content (AvgIpc) is 2.92. The van der Waals surface area contributed by atoms with Crippen molar-refractivity contribution in [1.29, 1.82) is 0 Å². The van der Waals surface area contributed by atoms with E-state index in [0.29, 0.717) is 17.5 Å². The Kier molecular flexibility index (Phi) is 12.1. The molecule has 13 heteroatoms. The minimum atomic E-state index is -1.59. The van der Waals surface area contributed by atoms with Crippen LogP contribution in [0.5, 0.6) is 11.5 Å². The summed E-state index contributed by atoms with van der Waals surface area (Å²) >= 11 is 0. The second-order valence-corrected chi connectivity index (χ2v) is 9.85. The zero-order valence-electron chi connectivity index (χ0n) is 22.9. The molecule has 10 N–H and O–H groups in total. The van der Waals surface area contributed by atoms with Crippen molar-refractivity contribution < 1.29 is 39.3 Å². The third kappa shape index (κ3) is 10.4. The van der Waals surface area contributed by atoms with Crippen LogP contribution in [0.25, 0.3) is 0 Å². The first-order chi connectivity index (χ1) is 19.3. The van der Waals surface area contributed by atoms with E-state index in [9.17, 15) is 39.3 Å². The maximum atomic E-state index is 13.5. The molecule has 0 aliphatic carbocycles. The number of nitrogens with one attached hydrogen (secondary N) is 3. The molecule has 0 aliphatic rings. The quantitative estimate of drug-likeness (QED) is 0.140. The van der Waals surface area contributed by atoms with Gasteiger partial charge in [-0.1, -0.05) is 44.5 Å². The predicted molar refractivity (Wildman–Crippen MR) is 148 cm³/mol. The molecule has 41 heavy (non-hydrogen) atoms. The first-order valence-corrected chi connectivity index (χ1v) is 13.0. The van der Waals surface area contributed by atoms with E-state index in [0.717, 1.165) is 0 Å². The molecule has 2 aromatic carbocycles. The molecule has 0 aromatic heterocycles. The van der Waals surface area contributed by atoms with Crippen LogP contribution in [0.15, 0.2) is 48.5 Å². The fraction of sp³-hybridized carbons (Fsp3) is 0.393. The first kappa shape index (κ1) is 32.6. The highest BCUT2D eigenvalue weighted by molar-refractivity contribution is 5.95. The fourth-order valence-electron chi connectivity index (χ4n) is 3.95. The van der Waals surface area contributed by atoms with Crippen LogP contribution in [0.2, 0.25) is 0 Å². The first-order valence-electron chi connectivity index (χ1n) is 13.0. The van der Waals surface area contributed by atoms with Gasteiger partial charge in [0.05, 0.1) is 12.5 Å². The number of hydrogen-bond donors (Lipinski definition) is 8. The third-order valence-electron chi connectivity index (χ3n) is 6.55. The number of aromatic hydroxyl groups is 2. The summed E-state index contributed by atoms with van der Waals surface area (Å²) in [5, 5.41) is 35.9. The van der Waals surface area contributed by atoms with E-state index in [-0.39, 0.29) is 24.3 Å². The third-order valence-corrected chi connectivity index (χ3v) is 6.55. The van der Waals surface area contributed by atoms with Crippen molar-refractivity contribution in [2.24, 2.45) is 17.4 Å². The van der Waals surface area contributed by atoms with Gasteiger partial charge in [0.1, 0.15) is 29.6 Å². The Morgan fingerprint density at radius 3 is 1.71 bits per heavy atom. The molecule has 0 aliphatic heterocycles. The van der Waals surface area contributed by atoms with Crippen molar-refractivity contribution in [3.63, 3.8) is 0 Å². The number of aliphatic carboxylic acids is 1. The normalized spacial score (nSPS) is 14.5. The zero-order chi connectivity index (χ0) is 30.7. The molecular weight excluding hydrogens is 534 g/mol. The van der Waals surface area contributed by atoms with Gasteiger partial charge in [-0.3, -0.25) is 19.2 Å². The molecule has 0 saturated carbocycles. The van der Waals surface area contributed by atoms with Crippen molar-refractivity contribution in [3.8, 4) is 11.5 Å². The average molecular weight is 572 g/mol. The Bertz CT molecular complexity index is 1220. The summed E-state index contributed by atoms with van der Waals surface area (Å²) < 4.78 is 0. The summed E-state index contributed by atoms with van der Waals surface area (Å²) in [6.07, 6.45) is -0.106. The van der Waals surface area contributed by atoms with Gasteiger partial charge in [0.15, 0.2) is 0 Å². The van der Waals surface area contributed by atoms with Gasteiger partial charge in [0.2, 0.25) is 23.6 Å². The Balaban J connectivity index is 2.26. The fourth-order valence-corrected chi connectivity index (χ4v) is 3.95. The monoisotopic (exact) mass is 571 g/mol. The van der Waals surface area contributed by atoms with E-state index in [1.165, 1.54) is 24.3 Å². The lowest BCUT2D eigenvalue weighted by molar-refractivity contribution is -0.144. The lowest BCUT2D eigenvalue weighted by Crippen LogP contribution is -2.59. The molecule has 0 heterocycles. The van der Waals surface area contributed by atoms with Crippen LogP contribution in [0.3, 0.4) is 0 Å². The van der Waals surface area contributed by atoms with Crippen molar-refractivity contribution in [3.05, 3.63) is 59.7 Å². The van der Waals surface area contributed by atoms with Crippen molar-refractivity contribution in [2.75, 3.05) is 0 Å². The Labute approximate surface area is 237 Å². The van der Waals surface area contributed by atoms with Crippen LogP contribution in [0.1, 0.15) is 37.8 Å². The lowest BCUT2D eigenvalue weighted by atomic mass is 9.96. The van der Waals surface area contributed by atoms with Gasteiger partial charge >= 0.3 is 5.97 Å².